The molecule has 23 heavy (non-hydrogen) atoms. The molecule has 0 amide bonds. The Labute approximate surface area is 137 Å². The Balaban J connectivity index is 2.29. The summed E-state index contributed by atoms with van der Waals surface area (Å²) >= 11 is 1.05. The second kappa shape index (κ2) is 7.34. The van der Waals surface area contributed by atoms with Crippen LogP contribution in [0.2, 0.25) is 0 Å². The quantitative estimate of drug-likeness (QED) is 0.432. The zero-order valence-corrected chi connectivity index (χ0v) is 13.8. The van der Waals surface area contributed by atoms with E-state index in [0.717, 1.165) is 24.0 Å². The topological polar surface area (TPSA) is 98.9 Å². The monoisotopic (exact) mass is 354 g/mol. The average Bonchev–Trinajstić information content (AvgIpc) is 3.06. The molecule has 122 valence electrons. The number of nitro groups is 1. The fraction of sp³-hybridized carbons (Fsp3) is 0.214. The van der Waals surface area contributed by atoms with Crippen LogP contribution in [0, 0.1) is 10.1 Å². The van der Waals surface area contributed by atoms with E-state index in [0.29, 0.717) is 12.2 Å². The lowest BCUT2D eigenvalue weighted by Gasteiger charge is -2.05. The van der Waals surface area contributed by atoms with Crippen molar-refractivity contribution in [2.75, 3.05) is 6.61 Å². The van der Waals surface area contributed by atoms with Gasteiger partial charge in [0.25, 0.3) is 10.0 Å². The number of sulfonamides is 1. The van der Waals surface area contributed by atoms with Gasteiger partial charge >= 0.3 is 5.69 Å². The molecule has 1 aromatic heterocycles. The zero-order valence-electron chi connectivity index (χ0n) is 12.2. The number of benzene rings is 1. The molecule has 0 atom stereocenters. The van der Waals surface area contributed by atoms with E-state index in [9.17, 15) is 18.5 Å². The number of ether oxygens (including phenoxy) is 1. The molecule has 0 fully saturated rings. The zero-order chi connectivity index (χ0) is 16.9. The molecule has 9 heteroatoms. The fourth-order valence-electron chi connectivity index (χ4n) is 1.68. The first-order chi connectivity index (χ1) is 10.9. The van der Waals surface area contributed by atoms with E-state index in [4.69, 9.17) is 4.74 Å². The first-order valence-electron chi connectivity index (χ1n) is 6.69. The molecule has 0 N–H and O–H groups in total. The van der Waals surface area contributed by atoms with E-state index >= 15 is 0 Å². The standard InChI is InChI=1S/C14H14N2O5S2/c1-2-7-21-13-6-5-11(9-12(13)16(17)18)10-15-23(19,20)14-4-3-8-22-14/h3-6,8-10H,2,7H2,1H3/b15-10-. The van der Waals surface area contributed by atoms with E-state index < -0.39 is 14.9 Å². The van der Waals surface area contributed by atoms with E-state index in [2.05, 4.69) is 4.40 Å². The van der Waals surface area contributed by atoms with Crippen LogP contribution in [0.3, 0.4) is 0 Å². The first-order valence-corrected chi connectivity index (χ1v) is 9.01. The third-order valence-corrected chi connectivity index (χ3v) is 5.34. The molecule has 0 saturated heterocycles. The summed E-state index contributed by atoms with van der Waals surface area (Å²) in [7, 11) is -3.79. The van der Waals surface area contributed by atoms with Crippen molar-refractivity contribution in [3.63, 3.8) is 0 Å². The summed E-state index contributed by atoms with van der Waals surface area (Å²) in [6.07, 6.45) is 1.81. The highest BCUT2D eigenvalue weighted by atomic mass is 32.2. The molecule has 0 bridgehead atoms. The highest BCUT2D eigenvalue weighted by molar-refractivity contribution is 7.92. The van der Waals surface area contributed by atoms with Crippen molar-refractivity contribution in [1.82, 2.24) is 0 Å². The highest BCUT2D eigenvalue weighted by Gasteiger charge is 2.16. The summed E-state index contributed by atoms with van der Waals surface area (Å²) in [6.45, 7) is 2.25. The second-order valence-corrected chi connectivity index (χ2v) is 7.28. The minimum atomic E-state index is -3.79. The Kier molecular flexibility index (Phi) is 5.45. The number of hydrogen-bond acceptors (Lipinski definition) is 6. The summed E-state index contributed by atoms with van der Waals surface area (Å²) in [5, 5.41) is 12.7. The maximum Gasteiger partial charge on any atom is 0.311 e. The van der Waals surface area contributed by atoms with Gasteiger partial charge in [0.2, 0.25) is 0 Å². The van der Waals surface area contributed by atoms with Crippen LogP contribution in [0.15, 0.2) is 44.3 Å². The molecule has 0 spiro atoms. The van der Waals surface area contributed by atoms with Crippen LogP contribution in [0.5, 0.6) is 5.75 Å². The number of rotatable bonds is 7. The lowest BCUT2D eigenvalue weighted by molar-refractivity contribution is -0.385. The van der Waals surface area contributed by atoms with Crippen LogP contribution in [0.1, 0.15) is 18.9 Å². The highest BCUT2D eigenvalue weighted by Crippen LogP contribution is 2.28. The van der Waals surface area contributed by atoms with Crippen LogP contribution < -0.4 is 4.74 Å². The minimum absolute atomic E-state index is 0.117. The molecule has 2 aromatic rings. The van der Waals surface area contributed by atoms with Gasteiger partial charge in [-0.2, -0.15) is 12.8 Å². The fourth-order valence-corrected chi connectivity index (χ4v) is 3.53. The third-order valence-electron chi connectivity index (χ3n) is 2.73. The van der Waals surface area contributed by atoms with Gasteiger partial charge in [-0.25, -0.2) is 0 Å². The molecule has 0 aliphatic carbocycles. The molecule has 0 unspecified atom stereocenters. The molecule has 1 heterocycles. The van der Waals surface area contributed by atoms with Gasteiger partial charge in [-0.1, -0.05) is 13.0 Å². The van der Waals surface area contributed by atoms with Gasteiger partial charge in [-0.05, 0) is 30.0 Å². The van der Waals surface area contributed by atoms with Crippen molar-refractivity contribution in [3.8, 4) is 5.75 Å². The molecular formula is C14H14N2O5S2. The number of hydrogen-bond donors (Lipinski definition) is 0. The molecule has 7 nitrogen and oxygen atoms in total. The van der Waals surface area contributed by atoms with Gasteiger partial charge in [0.05, 0.1) is 11.5 Å². The molecule has 1 aromatic carbocycles. The van der Waals surface area contributed by atoms with E-state index in [1.807, 2.05) is 6.92 Å². The van der Waals surface area contributed by atoms with Crippen LogP contribution in [-0.2, 0) is 10.0 Å². The second-order valence-electron chi connectivity index (χ2n) is 4.47. The van der Waals surface area contributed by atoms with Gasteiger partial charge in [0.15, 0.2) is 5.75 Å². The lowest BCUT2D eigenvalue weighted by atomic mass is 10.2. The van der Waals surface area contributed by atoms with Crippen molar-refractivity contribution < 1.29 is 18.1 Å². The average molecular weight is 354 g/mol. The third kappa shape index (κ3) is 4.36. The molecular weight excluding hydrogens is 340 g/mol. The Morgan fingerprint density at radius 3 is 2.78 bits per heavy atom. The SMILES string of the molecule is CCCOc1ccc(/C=N\S(=O)(=O)c2cccs2)cc1[N+](=O)[O-]. The predicted octanol–water partition coefficient (Wildman–Crippen LogP) is 3.25. The minimum Gasteiger partial charge on any atom is -0.487 e. The molecule has 0 aliphatic heterocycles. The van der Waals surface area contributed by atoms with Crippen LogP contribution >= 0.6 is 11.3 Å². The predicted molar refractivity (Wildman–Crippen MR) is 88.0 cm³/mol. The van der Waals surface area contributed by atoms with Gasteiger partial charge in [0, 0.05) is 17.8 Å². The Morgan fingerprint density at radius 2 is 2.17 bits per heavy atom. The Bertz CT molecular complexity index is 814. The number of nitro benzene ring substituents is 1. The Hall–Kier alpha value is -2.26. The molecule has 0 saturated carbocycles. The summed E-state index contributed by atoms with van der Waals surface area (Å²) < 4.78 is 32.9. The summed E-state index contributed by atoms with van der Waals surface area (Å²) in [5.74, 6) is 0.148. The Morgan fingerprint density at radius 1 is 1.39 bits per heavy atom. The van der Waals surface area contributed by atoms with Crippen LogP contribution in [-0.4, -0.2) is 26.2 Å². The van der Waals surface area contributed by atoms with Gasteiger partial charge in [-0.3, -0.25) is 10.1 Å². The van der Waals surface area contributed by atoms with E-state index in [-0.39, 0.29) is 15.6 Å². The molecule has 0 radical (unpaired) electrons. The number of nitrogens with zero attached hydrogens (tertiary/aromatic N) is 2. The van der Waals surface area contributed by atoms with E-state index in [1.54, 1.807) is 11.4 Å². The summed E-state index contributed by atoms with van der Waals surface area (Å²) in [4.78, 5) is 10.5. The van der Waals surface area contributed by atoms with Gasteiger partial charge < -0.3 is 4.74 Å². The normalized spacial score (nSPS) is 11.7. The van der Waals surface area contributed by atoms with Gasteiger partial charge in [-0.15, -0.1) is 11.3 Å². The van der Waals surface area contributed by atoms with E-state index in [1.165, 1.54) is 24.3 Å². The molecule has 2 rings (SSSR count). The van der Waals surface area contributed by atoms with Crippen molar-refractivity contribution in [2.24, 2.45) is 4.40 Å². The molecule has 0 aliphatic rings. The van der Waals surface area contributed by atoms with Crippen molar-refractivity contribution in [2.45, 2.75) is 17.6 Å². The summed E-state index contributed by atoms with van der Waals surface area (Å²) in [5.41, 5.74) is 0.0802. The van der Waals surface area contributed by atoms with Crippen LogP contribution in [0.4, 0.5) is 5.69 Å². The maximum absolute atomic E-state index is 11.9. The maximum atomic E-state index is 11.9. The first kappa shape index (κ1) is 17.1. The largest absolute Gasteiger partial charge is 0.487 e. The lowest BCUT2D eigenvalue weighted by Crippen LogP contribution is -2.00. The summed E-state index contributed by atoms with van der Waals surface area (Å²) in [6, 6.07) is 7.25. The van der Waals surface area contributed by atoms with Crippen molar-refractivity contribution in [3.05, 3.63) is 51.4 Å². The smallest absolute Gasteiger partial charge is 0.311 e. The van der Waals surface area contributed by atoms with Crippen molar-refractivity contribution >= 4 is 33.3 Å². The van der Waals surface area contributed by atoms with Crippen molar-refractivity contribution in [1.29, 1.82) is 0 Å². The van der Waals surface area contributed by atoms with Gasteiger partial charge in [0.1, 0.15) is 4.21 Å². The number of thiophene rings is 1. The van der Waals surface area contributed by atoms with Crippen LogP contribution in [0.25, 0.3) is 0 Å².